The lowest BCUT2D eigenvalue weighted by atomic mass is 10.0. The molecule has 0 bridgehead atoms. The van der Waals surface area contributed by atoms with E-state index in [2.05, 4.69) is 38.1 Å². The van der Waals surface area contributed by atoms with Gasteiger partial charge in [0.25, 0.3) is 0 Å². The average molecular weight is 309 g/mol. The number of thiophene rings is 1. The topological polar surface area (TPSA) is 0 Å². The molecule has 0 radical (unpaired) electrons. The predicted molar refractivity (Wildman–Crippen MR) is 87.8 cm³/mol. The van der Waals surface area contributed by atoms with E-state index in [1.54, 1.807) is 4.88 Å². The third-order valence-electron chi connectivity index (χ3n) is 3.59. The van der Waals surface area contributed by atoms with Crippen molar-refractivity contribution >= 4 is 34.7 Å². The number of benzene rings is 1. The summed E-state index contributed by atoms with van der Waals surface area (Å²) >= 11 is 10.6. The fourth-order valence-electron chi connectivity index (χ4n) is 2.56. The largest absolute Gasteiger partial charge is 0.157 e. The molecule has 3 rings (SSSR count). The Bertz CT molecular complexity index is 577. The van der Waals surface area contributed by atoms with Gasteiger partial charge in [-0.2, -0.15) is 11.8 Å². The zero-order valence-corrected chi connectivity index (χ0v) is 13.6. The molecule has 0 N–H and O–H groups in total. The van der Waals surface area contributed by atoms with Crippen molar-refractivity contribution in [3.8, 4) is 0 Å². The monoisotopic (exact) mass is 308 g/mol. The van der Waals surface area contributed by atoms with Gasteiger partial charge in [0.2, 0.25) is 0 Å². The second kappa shape index (κ2) is 5.51. The molecule has 0 saturated heterocycles. The van der Waals surface area contributed by atoms with Crippen LogP contribution in [0.15, 0.2) is 24.3 Å². The van der Waals surface area contributed by atoms with Crippen LogP contribution in [0.3, 0.4) is 0 Å². The third-order valence-corrected chi connectivity index (χ3v) is 6.50. The predicted octanol–water partition coefficient (Wildman–Crippen LogP) is 5.48. The fraction of sp³-hybridized carbons (Fsp3) is 0.375. The highest BCUT2D eigenvalue weighted by Crippen LogP contribution is 2.40. The van der Waals surface area contributed by atoms with E-state index in [0.717, 1.165) is 5.75 Å². The molecule has 0 aliphatic carbocycles. The van der Waals surface area contributed by atoms with Gasteiger partial charge in [0.15, 0.2) is 0 Å². The van der Waals surface area contributed by atoms with Gasteiger partial charge < -0.3 is 0 Å². The first-order valence-corrected chi connectivity index (χ1v) is 8.96. The summed E-state index contributed by atoms with van der Waals surface area (Å²) in [5, 5.41) is 0.00111. The average Bonchev–Trinajstić information content (AvgIpc) is 2.81. The fourth-order valence-corrected chi connectivity index (χ4v) is 5.37. The quantitative estimate of drug-likeness (QED) is 0.662. The highest BCUT2D eigenvalue weighted by Gasteiger charge is 2.20. The maximum absolute atomic E-state index is 6.71. The molecule has 1 aliphatic rings. The van der Waals surface area contributed by atoms with E-state index in [9.17, 15) is 0 Å². The van der Waals surface area contributed by atoms with Gasteiger partial charge in [-0.05, 0) is 48.8 Å². The number of fused-ring (bicyclic) bond motifs is 1. The molecule has 2 heterocycles. The number of hydrogen-bond acceptors (Lipinski definition) is 2. The van der Waals surface area contributed by atoms with E-state index >= 15 is 0 Å². The number of rotatable bonds is 2. The first kappa shape index (κ1) is 13.5. The molecule has 3 heteroatoms. The second-order valence-corrected chi connectivity index (χ2v) is 7.83. The molecule has 1 unspecified atom stereocenters. The van der Waals surface area contributed by atoms with Crippen molar-refractivity contribution in [1.29, 1.82) is 0 Å². The maximum Gasteiger partial charge on any atom is 0.0930 e. The smallest absolute Gasteiger partial charge is 0.0930 e. The lowest BCUT2D eigenvalue weighted by molar-refractivity contribution is 1.12. The Hall–Kier alpha value is -0.440. The van der Waals surface area contributed by atoms with Gasteiger partial charge >= 0.3 is 0 Å². The standard InChI is InChI=1S/C16H17ClS2/c1-10-3-4-13(11(2)7-10)16(17)15-8-12-9-18-6-5-14(12)19-15/h3-4,7-8,16H,5-6,9H2,1-2H3. The maximum atomic E-state index is 6.71. The van der Waals surface area contributed by atoms with Crippen molar-refractivity contribution in [3.63, 3.8) is 0 Å². The molecule has 0 fully saturated rings. The Morgan fingerprint density at radius 3 is 2.79 bits per heavy atom. The Kier molecular flexibility index (Phi) is 3.93. The summed E-state index contributed by atoms with van der Waals surface area (Å²) < 4.78 is 0. The van der Waals surface area contributed by atoms with E-state index < -0.39 is 0 Å². The molecular formula is C16H17ClS2. The number of aryl methyl sites for hydroxylation is 3. The molecule has 100 valence electrons. The van der Waals surface area contributed by atoms with Gasteiger partial charge in [0, 0.05) is 15.5 Å². The molecule has 0 amide bonds. The highest BCUT2D eigenvalue weighted by atomic mass is 35.5. The van der Waals surface area contributed by atoms with E-state index in [4.69, 9.17) is 11.6 Å². The van der Waals surface area contributed by atoms with E-state index in [1.807, 2.05) is 23.1 Å². The van der Waals surface area contributed by atoms with Gasteiger partial charge in [-0.1, -0.05) is 23.8 Å². The minimum atomic E-state index is 0.00111. The Labute approximate surface area is 128 Å². The molecule has 0 spiro atoms. The highest BCUT2D eigenvalue weighted by molar-refractivity contribution is 7.98. The van der Waals surface area contributed by atoms with Crippen molar-refractivity contribution in [2.24, 2.45) is 0 Å². The molecule has 1 aliphatic heterocycles. The van der Waals surface area contributed by atoms with Gasteiger partial charge in [0.05, 0.1) is 5.38 Å². The molecule has 19 heavy (non-hydrogen) atoms. The van der Waals surface area contributed by atoms with Gasteiger partial charge in [-0.15, -0.1) is 22.9 Å². The minimum Gasteiger partial charge on any atom is -0.157 e. The van der Waals surface area contributed by atoms with Crippen molar-refractivity contribution in [3.05, 3.63) is 56.3 Å². The zero-order valence-electron chi connectivity index (χ0n) is 11.2. The summed E-state index contributed by atoms with van der Waals surface area (Å²) in [4.78, 5) is 2.85. The van der Waals surface area contributed by atoms with Crippen LogP contribution in [0, 0.1) is 13.8 Å². The minimum absolute atomic E-state index is 0.00111. The van der Waals surface area contributed by atoms with Gasteiger partial charge in [0.1, 0.15) is 0 Å². The van der Waals surface area contributed by atoms with Crippen molar-refractivity contribution in [2.75, 3.05) is 5.75 Å². The molecule has 0 nitrogen and oxygen atoms in total. The van der Waals surface area contributed by atoms with E-state index in [-0.39, 0.29) is 5.38 Å². The first-order chi connectivity index (χ1) is 9.15. The molecule has 1 atom stereocenters. The summed E-state index contributed by atoms with van der Waals surface area (Å²) in [6.45, 7) is 4.28. The van der Waals surface area contributed by atoms with E-state index in [0.29, 0.717) is 0 Å². The number of hydrogen-bond donors (Lipinski definition) is 0. The van der Waals surface area contributed by atoms with Crippen LogP contribution in [0.4, 0.5) is 0 Å². The summed E-state index contributed by atoms with van der Waals surface area (Å²) in [6.07, 6.45) is 1.21. The van der Waals surface area contributed by atoms with Gasteiger partial charge in [-0.3, -0.25) is 0 Å². The summed E-state index contributed by atoms with van der Waals surface area (Å²) in [7, 11) is 0. The van der Waals surface area contributed by atoms with Crippen molar-refractivity contribution in [2.45, 2.75) is 31.4 Å². The Morgan fingerprint density at radius 2 is 2.05 bits per heavy atom. The number of alkyl halides is 1. The Morgan fingerprint density at radius 1 is 1.21 bits per heavy atom. The summed E-state index contributed by atoms with van der Waals surface area (Å²) in [5.41, 5.74) is 5.35. The van der Waals surface area contributed by atoms with Crippen molar-refractivity contribution in [1.82, 2.24) is 0 Å². The zero-order chi connectivity index (χ0) is 13.4. The Balaban J connectivity index is 1.94. The number of halogens is 1. The van der Waals surface area contributed by atoms with Crippen LogP contribution in [0.5, 0.6) is 0 Å². The van der Waals surface area contributed by atoms with Gasteiger partial charge in [-0.25, -0.2) is 0 Å². The van der Waals surface area contributed by atoms with Crippen LogP contribution in [0.2, 0.25) is 0 Å². The summed E-state index contributed by atoms with van der Waals surface area (Å²) in [6, 6.07) is 8.87. The van der Waals surface area contributed by atoms with Crippen LogP contribution < -0.4 is 0 Å². The van der Waals surface area contributed by atoms with Crippen molar-refractivity contribution < 1.29 is 0 Å². The van der Waals surface area contributed by atoms with Crippen LogP contribution in [-0.2, 0) is 12.2 Å². The second-order valence-electron chi connectivity index (χ2n) is 5.12. The molecular weight excluding hydrogens is 292 g/mol. The van der Waals surface area contributed by atoms with Crippen LogP contribution in [0.25, 0.3) is 0 Å². The first-order valence-electron chi connectivity index (χ1n) is 6.55. The van der Waals surface area contributed by atoms with Crippen LogP contribution in [-0.4, -0.2) is 5.75 Å². The lowest BCUT2D eigenvalue weighted by Crippen LogP contribution is -1.96. The molecule has 1 aromatic heterocycles. The third kappa shape index (κ3) is 2.72. The van der Waals surface area contributed by atoms with Crippen LogP contribution >= 0.6 is 34.7 Å². The molecule has 2 aromatic rings. The van der Waals surface area contributed by atoms with E-state index in [1.165, 1.54) is 39.3 Å². The molecule has 1 aromatic carbocycles. The lowest BCUT2D eigenvalue weighted by Gasteiger charge is -2.11. The normalized spacial score (nSPS) is 16.2. The SMILES string of the molecule is Cc1ccc(C(Cl)c2cc3c(s2)CCSC3)c(C)c1. The number of thioether (sulfide) groups is 1. The summed E-state index contributed by atoms with van der Waals surface area (Å²) in [5.74, 6) is 2.41. The molecule has 0 saturated carbocycles. The van der Waals surface area contributed by atoms with Crippen LogP contribution in [0.1, 0.15) is 37.4 Å².